The quantitative estimate of drug-likeness (QED) is 0.452. The number of nitrogens with one attached hydrogen (secondary N) is 1. The lowest BCUT2D eigenvalue weighted by molar-refractivity contribution is 0.375. The molecule has 0 aliphatic carbocycles. The van der Waals surface area contributed by atoms with Crippen LogP contribution < -0.4 is 18.9 Å². The van der Waals surface area contributed by atoms with Crippen molar-refractivity contribution in [3.63, 3.8) is 0 Å². The molecule has 0 fully saturated rings. The zero-order valence-electron chi connectivity index (χ0n) is 17.7. The first kappa shape index (κ1) is 20.7. The lowest BCUT2D eigenvalue weighted by atomic mass is 10.1. The van der Waals surface area contributed by atoms with Gasteiger partial charge in [0, 0.05) is 19.4 Å². The number of methoxy groups -OCH3 is 3. The van der Waals surface area contributed by atoms with E-state index in [1.54, 1.807) is 36.2 Å². The number of hydrogen-bond donors (Lipinski definition) is 1. The van der Waals surface area contributed by atoms with Crippen molar-refractivity contribution in [1.82, 2.24) is 19.6 Å². The van der Waals surface area contributed by atoms with Gasteiger partial charge in [-0.25, -0.2) is 4.21 Å². The predicted octanol–water partition coefficient (Wildman–Crippen LogP) is 2.98. The van der Waals surface area contributed by atoms with E-state index in [0.717, 1.165) is 16.5 Å². The van der Waals surface area contributed by atoms with Crippen molar-refractivity contribution in [3.8, 4) is 17.2 Å². The van der Waals surface area contributed by atoms with Crippen molar-refractivity contribution in [2.75, 3.05) is 26.1 Å². The van der Waals surface area contributed by atoms with Crippen LogP contribution in [0.3, 0.4) is 0 Å². The van der Waals surface area contributed by atoms with E-state index in [0.29, 0.717) is 34.5 Å². The maximum atomic E-state index is 13.2. The Morgan fingerprint density at radius 1 is 1.03 bits per heavy atom. The fourth-order valence-corrected chi connectivity index (χ4v) is 4.54. The molecule has 2 heterocycles. The number of rotatable bonds is 8. The van der Waals surface area contributed by atoms with Crippen LogP contribution in [0.25, 0.3) is 10.9 Å². The third kappa shape index (κ3) is 3.93. The average molecular weight is 442 g/mol. The largest absolute Gasteiger partial charge is 0.496 e. The molecule has 4 aromatic rings. The highest BCUT2D eigenvalue weighted by Gasteiger charge is 2.21. The van der Waals surface area contributed by atoms with E-state index >= 15 is 0 Å². The summed E-state index contributed by atoms with van der Waals surface area (Å²) >= 11 is 0. The van der Waals surface area contributed by atoms with Crippen LogP contribution in [0.5, 0.6) is 17.2 Å². The summed E-state index contributed by atoms with van der Waals surface area (Å²) < 4.78 is 36.2. The highest BCUT2D eigenvalue weighted by atomic mass is 32.2. The molecular weight excluding hydrogens is 418 g/mol. The van der Waals surface area contributed by atoms with E-state index < -0.39 is 11.0 Å². The zero-order valence-corrected chi connectivity index (χ0v) is 18.5. The van der Waals surface area contributed by atoms with Crippen molar-refractivity contribution in [1.29, 1.82) is 0 Å². The Morgan fingerprint density at radius 2 is 1.74 bits per heavy atom. The van der Waals surface area contributed by atoms with E-state index in [4.69, 9.17) is 14.2 Å². The fraction of sp³-hybridized carbons (Fsp3) is 0.238. The number of aromatic nitrogens is 4. The highest BCUT2D eigenvalue weighted by molar-refractivity contribution is 7.86. The molecule has 2 aromatic heterocycles. The highest BCUT2D eigenvalue weighted by Crippen LogP contribution is 2.36. The summed E-state index contributed by atoms with van der Waals surface area (Å²) in [5.74, 6) is 1.98. The van der Waals surface area contributed by atoms with Crippen LogP contribution in [-0.2, 0) is 24.6 Å². The molecule has 0 aliphatic heterocycles. The van der Waals surface area contributed by atoms with E-state index in [-0.39, 0.29) is 0 Å². The van der Waals surface area contributed by atoms with Crippen molar-refractivity contribution >= 4 is 27.7 Å². The Kier molecular flexibility index (Phi) is 5.81. The van der Waals surface area contributed by atoms with Gasteiger partial charge in [0.2, 0.25) is 0 Å². The maximum Gasteiger partial charge on any atom is 0.171 e. The molecule has 1 N–H and O–H groups in total. The third-order valence-corrected chi connectivity index (χ3v) is 6.01. The van der Waals surface area contributed by atoms with Crippen LogP contribution >= 0.6 is 0 Å². The Labute approximate surface area is 182 Å². The van der Waals surface area contributed by atoms with Crippen molar-refractivity contribution < 1.29 is 18.4 Å². The molecule has 2 aromatic carbocycles. The van der Waals surface area contributed by atoms with Gasteiger partial charge in [-0.3, -0.25) is 14.1 Å². The molecule has 0 amide bonds. The van der Waals surface area contributed by atoms with Gasteiger partial charge in [0.05, 0.1) is 38.8 Å². The first-order chi connectivity index (χ1) is 15.0. The molecule has 9 nitrogen and oxygen atoms in total. The monoisotopic (exact) mass is 441 g/mol. The van der Waals surface area contributed by atoms with Crippen LogP contribution in [0.2, 0.25) is 0 Å². The fourth-order valence-electron chi connectivity index (χ4n) is 3.45. The van der Waals surface area contributed by atoms with Crippen LogP contribution in [0.15, 0.2) is 53.7 Å². The Morgan fingerprint density at radius 3 is 2.35 bits per heavy atom. The number of anilines is 1. The summed E-state index contributed by atoms with van der Waals surface area (Å²) in [5.41, 5.74) is 1.85. The molecule has 31 heavy (non-hydrogen) atoms. The Balaban J connectivity index is 1.75. The molecule has 1 atom stereocenters. The topological polar surface area (TPSA) is 92.4 Å². The molecular formula is C21H23N5O4S. The lowest BCUT2D eigenvalue weighted by Gasteiger charge is -2.13. The summed E-state index contributed by atoms with van der Waals surface area (Å²) in [5, 5.41) is 9.53. The standard InChI is InChI=1S/C21H23N5O4S/c1-25-15-11-14(13-26-10-6-9-22-26)12-18(30-4)19(15)21(23-25)24-31(27)20-16(28-2)7-5-8-17(20)29-3/h5-12H,13H2,1-4H3,(H,23,24). The maximum absolute atomic E-state index is 13.2. The Hall–Kier alpha value is -3.53. The number of hydrogen-bond acceptors (Lipinski definition) is 6. The first-order valence-corrected chi connectivity index (χ1v) is 10.6. The van der Waals surface area contributed by atoms with Gasteiger partial charge >= 0.3 is 0 Å². The van der Waals surface area contributed by atoms with Crippen LogP contribution in [0.4, 0.5) is 5.82 Å². The normalized spacial score (nSPS) is 12.0. The summed E-state index contributed by atoms with van der Waals surface area (Å²) in [4.78, 5) is 0.403. The van der Waals surface area contributed by atoms with Gasteiger partial charge in [-0.15, -0.1) is 0 Å². The van der Waals surface area contributed by atoms with Crippen molar-refractivity contribution in [2.45, 2.75) is 11.4 Å². The minimum atomic E-state index is -1.69. The number of ether oxygens (including phenoxy) is 3. The second kappa shape index (κ2) is 8.68. The second-order valence-electron chi connectivity index (χ2n) is 6.73. The second-order valence-corrected chi connectivity index (χ2v) is 7.88. The van der Waals surface area contributed by atoms with Gasteiger partial charge in [0.25, 0.3) is 0 Å². The van der Waals surface area contributed by atoms with Gasteiger partial charge in [-0.1, -0.05) is 6.07 Å². The van der Waals surface area contributed by atoms with Crippen LogP contribution in [0, 0.1) is 0 Å². The number of fused-ring (bicyclic) bond motifs is 1. The smallest absolute Gasteiger partial charge is 0.171 e. The zero-order chi connectivity index (χ0) is 22.0. The van der Waals surface area contributed by atoms with Gasteiger partial charge in [-0.2, -0.15) is 10.2 Å². The third-order valence-electron chi connectivity index (χ3n) is 4.86. The van der Waals surface area contributed by atoms with E-state index in [1.165, 1.54) is 14.2 Å². The molecule has 1 unspecified atom stereocenters. The van der Waals surface area contributed by atoms with Crippen molar-refractivity contribution in [2.24, 2.45) is 7.05 Å². The summed E-state index contributed by atoms with van der Waals surface area (Å²) in [7, 11) is 4.79. The molecule has 0 spiro atoms. The summed E-state index contributed by atoms with van der Waals surface area (Å²) in [6, 6.07) is 11.1. The molecule has 0 aliphatic rings. The van der Waals surface area contributed by atoms with E-state index in [9.17, 15) is 4.21 Å². The Bertz CT molecular complexity index is 1210. The first-order valence-electron chi connectivity index (χ1n) is 9.46. The summed E-state index contributed by atoms with van der Waals surface area (Å²) in [6.07, 6.45) is 3.64. The molecule has 0 saturated heterocycles. The average Bonchev–Trinajstić information content (AvgIpc) is 3.40. The van der Waals surface area contributed by atoms with Gasteiger partial charge in [-0.05, 0) is 35.9 Å². The van der Waals surface area contributed by atoms with Gasteiger partial charge in [0.15, 0.2) is 16.8 Å². The van der Waals surface area contributed by atoms with Crippen LogP contribution in [0.1, 0.15) is 5.56 Å². The van der Waals surface area contributed by atoms with Crippen LogP contribution in [-0.4, -0.2) is 45.1 Å². The molecule has 0 saturated carbocycles. The molecule has 10 heteroatoms. The van der Waals surface area contributed by atoms with Gasteiger partial charge in [0.1, 0.15) is 22.1 Å². The minimum Gasteiger partial charge on any atom is -0.496 e. The lowest BCUT2D eigenvalue weighted by Crippen LogP contribution is -2.09. The van der Waals surface area contributed by atoms with E-state index in [2.05, 4.69) is 14.9 Å². The number of nitrogens with zero attached hydrogens (tertiary/aromatic N) is 4. The number of benzene rings is 2. The van der Waals surface area contributed by atoms with Crippen molar-refractivity contribution in [3.05, 3.63) is 54.4 Å². The van der Waals surface area contributed by atoms with Gasteiger partial charge < -0.3 is 14.2 Å². The molecule has 0 bridgehead atoms. The van der Waals surface area contributed by atoms with E-state index in [1.807, 2.05) is 36.1 Å². The summed E-state index contributed by atoms with van der Waals surface area (Å²) in [6.45, 7) is 0.595. The predicted molar refractivity (Wildman–Crippen MR) is 118 cm³/mol. The number of aryl methyl sites for hydroxylation is 1. The molecule has 0 radical (unpaired) electrons. The molecule has 4 rings (SSSR count). The molecule has 162 valence electrons. The minimum absolute atomic E-state index is 0.403. The SMILES string of the molecule is COc1cccc(OC)c1S(=O)Nc1nn(C)c2cc(Cn3cccn3)cc(OC)c12.